The van der Waals surface area contributed by atoms with Gasteiger partial charge in [-0.05, 0) is 5.53 Å². The van der Waals surface area contributed by atoms with Gasteiger partial charge in [-0.3, -0.25) is 0 Å². The van der Waals surface area contributed by atoms with Gasteiger partial charge in [0.1, 0.15) is 0 Å². The molecule has 0 saturated heterocycles. The molecule has 0 spiro atoms. The molecule has 1 rings (SSSR count). The van der Waals surface area contributed by atoms with E-state index in [-0.39, 0.29) is 0 Å². The highest BCUT2D eigenvalue weighted by Gasteiger charge is 2.20. The first kappa shape index (κ1) is 7.84. The van der Waals surface area contributed by atoms with Crippen LogP contribution in [0, 0.1) is 10.1 Å². The van der Waals surface area contributed by atoms with Crippen molar-refractivity contribution in [3.05, 3.63) is 15.9 Å². The highest BCUT2D eigenvalue weighted by molar-refractivity contribution is 5.83. The standard InChI is InChI=1S/C2H2N6O4/c9-2(10)1-3-4-5-7(1)6-8(11)12/h6H,(H,9,10). The molecule has 64 valence electrons. The summed E-state index contributed by atoms with van der Waals surface area (Å²) in [6.45, 7) is 0. The fraction of sp³-hybridized carbons (Fsp3) is 0. The Morgan fingerprint density at radius 3 is 2.92 bits per heavy atom. The maximum Gasteiger partial charge on any atom is 0.403 e. The maximum absolute atomic E-state index is 10.2. The third-order valence-corrected chi connectivity index (χ3v) is 0.837. The zero-order valence-corrected chi connectivity index (χ0v) is 5.41. The first-order chi connectivity index (χ1) is 5.61. The largest absolute Gasteiger partial charge is 0.474 e. The van der Waals surface area contributed by atoms with Crippen molar-refractivity contribution in [1.82, 2.24) is 20.3 Å². The van der Waals surface area contributed by atoms with E-state index in [1.165, 1.54) is 5.53 Å². The van der Waals surface area contributed by atoms with Crippen LogP contribution >= 0.6 is 0 Å². The van der Waals surface area contributed by atoms with Crippen molar-refractivity contribution < 1.29 is 14.9 Å². The number of hydrogen-bond acceptors (Lipinski definition) is 6. The molecule has 0 unspecified atom stereocenters. The van der Waals surface area contributed by atoms with Gasteiger partial charge in [0, 0.05) is 10.0 Å². The van der Waals surface area contributed by atoms with Crippen LogP contribution in [0.25, 0.3) is 0 Å². The van der Waals surface area contributed by atoms with Crippen molar-refractivity contribution in [2.24, 2.45) is 0 Å². The monoisotopic (exact) mass is 174 g/mol. The van der Waals surface area contributed by atoms with Crippen LogP contribution in [-0.2, 0) is 0 Å². The van der Waals surface area contributed by atoms with Gasteiger partial charge < -0.3 is 15.2 Å². The summed E-state index contributed by atoms with van der Waals surface area (Å²) in [6, 6.07) is 0. The third kappa shape index (κ3) is 1.42. The van der Waals surface area contributed by atoms with E-state index in [4.69, 9.17) is 5.11 Å². The molecule has 0 aromatic carbocycles. The van der Waals surface area contributed by atoms with E-state index in [1.807, 2.05) is 0 Å². The quantitative estimate of drug-likeness (QED) is 0.400. The number of tetrazole rings is 1. The van der Waals surface area contributed by atoms with E-state index in [2.05, 4.69) is 15.5 Å². The molecule has 0 aliphatic heterocycles. The number of rotatable bonds is 3. The lowest BCUT2D eigenvalue weighted by molar-refractivity contribution is -0.463. The van der Waals surface area contributed by atoms with Crippen LogP contribution in [0.15, 0.2) is 0 Å². The number of nitrogens with one attached hydrogen (secondary N) is 1. The van der Waals surface area contributed by atoms with Crippen LogP contribution in [0.1, 0.15) is 10.6 Å². The number of nitro groups is 1. The summed E-state index contributed by atoms with van der Waals surface area (Å²) in [7, 11) is 0. The number of carbonyl (C=O) groups is 1. The Hall–Kier alpha value is -2.26. The molecule has 12 heavy (non-hydrogen) atoms. The van der Waals surface area contributed by atoms with Gasteiger partial charge >= 0.3 is 11.8 Å². The fourth-order valence-electron chi connectivity index (χ4n) is 0.465. The van der Waals surface area contributed by atoms with Crippen molar-refractivity contribution in [1.29, 1.82) is 0 Å². The molecule has 0 atom stereocenters. The first-order valence-electron chi connectivity index (χ1n) is 2.54. The minimum Gasteiger partial charge on any atom is -0.474 e. The Balaban J connectivity index is 2.91. The van der Waals surface area contributed by atoms with Crippen LogP contribution in [0.4, 0.5) is 0 Å². The van der Waals surface area contributed by atoms with E-state index in [1.54, 1.807) is 0 Å². The summed E-state index contributed by atoms with van der Waals surface area (Å²) in [5, 5.41) is 26.1. The highest BCUT2D eigenvalue weighted by Crippen LogP contribution is 1.86. The summed E-state index contributed by atoms with van der Waals surface area (Å²) in [4.78, 5) is 20.4. The Morgan fingerprint density at radius 1 is 1.75 bits per heavy atom. The predicted octanol–water partition coefficient (Wildman–Crippen LogP) is -1.89. The second-order valence-corrected chi connectivity index (χ2v) is 1.58. The molecule has 0 fully saturated rings. The second-order valence-electron chi connectivity index (χ2n) is 1.58. The maximum atomic E-state index is 10.2. The van der Waals surface area contributed by atoms with Crippen LogP contribution in [0.3, 0.4) is 0 Å². The summed E-state index contributed by atoms with van der Waals surface area (Å²) in [6.07, 6.45) is 0. The number of aromatic carboxylic acids is 1. The van der Waals surface area contributed by atoms with Crippen molar-refractivity contribution in [2.75, 3.05) is 5.53 Å². The summed E-state index contributed by atoms with van der Waals surface area (Å²) in [5.74, 6) is -2.12. The molecule has 0 aliphatic rings. The van der Waals surface area contributed by atoms with Gasteiger partial charge in [0.05, 0.1) is 10.2 Å². The SMILES string of the molecule is O=C(O)c1nnnn1N[N+](=O)[O-]. The van der Waals surface area contributed by atoms with E-state index in [0.29, 0.717) is 4.79 Å². The molecule has 2 N–H and O–H groups in total. The summed E-state index contributed by atoms with van der Waals surface area (Å²) < 4.78 is 0. The van der Waals surface area contributed by atoms with Crippen molar-refractivity contribution in [3.63, 3.8) is 0 Å². The average Bonchev–Trinajstić information content (AvgIpc) is 2.33. The summed E-state index contributed by atoms with van der Waals surface area (Å²) >= 11 is 0. The molecule has 10 nitrogen and oxygen atoms in total. The number of carboxylic acid groups (broad SMARTS) is 1. The topological polar surface area (TPSA) is 136 Å². The minimum atomic E-state index is -1.46. The predicted molar refractivity (Wildman–Crippen MR) is 31.1 cm³/mol. The van der Waals surface area contributed by atoms with Gasteiger partial charge in [-0.25, -0.2) is 4.79 Å². The molecular formula is C2H2N6O4. The van der Waals surface area contributed by atoms with E-state index >= 15 is 0 Å². The Bertz CT molecular complexity index is 317. The number of hydrazine groups is 1. The Morgan fingerprint density at radius 2 is 2.42 bits per heavy atom. The molecule has 0 amide bonds. The summed E-state index contributed by atoms with van der Waals surface area (Å²) in [5.41, 5.74) is 1.46. The molecule has 1 heterocycles. The number of hydrogen-bond donors (Lipinski definition) is 2. The van der Waals surface area contributed by atoms with Gasteiger partial charge in [0.2, 0.25) is 0 Å². The zero-order valence-electron chi connectivity index (χ0n) is 5.41. The fourth-order valence-corrected chi connectivity index (χ4v) is 0.465. The normalized spacial score (nSPS) is 9.33. The Kier molecular flexibility index (Phi) is 1.81. The van der Waals surface area contributed by atoms with Crippen molar-refractivity contribution in [2.45, 2.75) is 0 Å². The number of aromatic nitrogens is 4. The Labute approximate surface area is 63.9 Å². The van der Waals surface area contributed by atoms with Crippen LogP contribution < -0.4 is 5.53 Å². The zero-order chi connectivity index (χ0) is 9.14. The number of carboxylic acids is 1. The number of nitrogens with zero attached hydrogens (tertiary/aromatic N) is 5. The second kappa shape index (κ2) is 2.77. The lowest BCUT2D eigenvalue weighted by Crippen LogP contribution is -2.26. The van der Waals surface area contributed by atoms with E-state index < -0.39 is 16.8 Å². The molecule has 0 radical (unpaired) electrons. The third-order valence-electron chi connectivity index (χ3n) is 0.837. The van der Waals surface area contributed by atoms with Gasteiger partial charge in [-0.1, -0.05) is 5.10 Å². The van der Waals surface area contributed by atoms with Gasteiger partial charge in [-0.2, -0.15) is 0 Å². The molecular weight excluding hydrogens is 172 g/mol. The highest BCUT2D eigenvalue weighted by atomic mass is 16.7. The van der Waals surface area contributed by atoms with Crippen molar-refractivity contribution >= 4 is 5.97 Å². The van der Waals surface area contributed by atoms with E-state index in [9.17, 15) is 14.9 Å². The van der Waals surface area contributed by atoms with Gasteiger partial charge in [0.15, 0.2) is 0 Å². The first-order valence-corrected chi connectivity index (χ1v) is 2.54. The van der Waals surface area contributed by atoms with Crippen LogP contribution in [0.5, 0.6) is 0 Å². The molecule has 0 saturated carbocycles. The van der Waals surface area contributed by atoms with Gasteiger partial charge in [-0.15, -0.1) is 0 Å². The van der Waals surface area contributed by atoms with Crippen LogP contribution in [0.2, 0.25) is 0 Å². The molecule has 1 aromatic rings. The van der Waals surface area contributed by atoms with E-state index in [0.717, 1.165) is 0 Å². The molecule has 0 bridgehead atoms. The molecule has 0 aliphatic carbocycles. The lowest BCUT2D eigenvalue weighted by Gasteiger charge is -1.93. The van der Waals surface area contributed by atoms with Crippen molar-refractivity contribution in [3.8, 4) is 0 Å². The average molecular weight is 174 g/mol. The van der Waals surface area contributed by atoms with Crippen LogP contribution in [-0.4, -0.2) is 36.4 Å². The molecule has 10 heteroatoms. The smallest absolute Gasteiger partial charge is 0.403 e. The lowest BCUT2D eigenvalue weighted by atomic mass is 10.6. The molecule has 1 aromatic heterocycles. The van der Waals surface area contributed by atoms with Gasteiger partial charge in [0.25, 0.3) is 0 Å². The minimum absolute atomic E-state index is 0.336.